The van der Waals surface area contributed by atoms with Crippen LogP contribution >= 0.6 is 7.82 Å². The first-order chi connectivity index (χ1) is 13.6. The summed E-state index contributed by atoms with van der Waals surface area (Å²) in [5.41, 5.74) is 15.3. The molecule has 0 saturated carbocycles. The highest BCUT2D eigenvalue weighted by Gasteiger charge is 2.12. The van der Waals surface area contributed by atoms with Gasteiger partial charge in [-0.25, -0.2) is 4.57 Å². The van der Waals surface area contributed by atoms with Crippen molar-refractivity contribution in [2.45, 2.75) is 90.0 Å². The van der Waals surface area contributed by atoms with Gasteiger partial charge in [-0.3, -0.25) is 14.3 Å². The van der Waals surface area contributed by atoms with E-state index in [4.69, 9.17) is 32.1 Å². The molecule has 10 nitrogen and oxygen atoms in total. The number of hydrogen-bond donors (Lipinski definition) is 6. The Bertz CT molecular complexity index is 469. The Labute approximate surface area is 174 Å². The largest absolute Gasteiger partial charge is 0.480 e. The molecule has 0 aliphatic rings. The van der Waals surface area contributed by atoms with Crippen molar-refractivity contribution in [1.29, 1.82) is 0 Å². The van der Waals surface area contributed by atoms with Crippen molar-refractivity contribution in [2.75, 3.05) is 13.2 Å². The van der Waals surface area contributed by atoms with Crippen molar-refractivity contribution < 1.29 is 28.8 Å². The number of guanidine groups is 1. The summed E-state index contributed by atoms with van der Waals surface area (Å²) in [5.74, 6) is -0.987. The summed E-state index contributed by atoms with van der Waals surface area (Å²) in [6.07, 6.45) is 13.0. The highest BCUT2D eigenvalue weighted by Crippen LogP contribution is 2.35. The molecule has 174 valence electrons. The number of carboxylic acid groups (broad SMARTS) is 1. The van der Waals surface area contributed by atoms with Gasteiger partial charge in [0.05, 0.1) is 6.61 Å². The third kappa shape index (κ3) is 29.1. The predicted octanol–water partition coefficient (Wildman–Crippen LogP) is 2.47. The average molecular weight is 441 g/mol. The van der Waals surface area contributed by atoms with Gasteiger partial charge in [0.1, 0.15) is 6.04 Å². The Balaban J connectivity index is 0. The molecule has 0 aromatic rings. The van der Waals surface area contributed by atoms with Crippen LogP contribution in [-0.4, -0.2) is 46.0 Å². The summed E-state index contributed by atoms with van der Waals surface area (Å²) in [6.45, 7) is 2.81. The SMILES string of the molecule is CCCCCCCCCCCCOP(=O)(O)O.NC(N)=NCCC[C@H](N)C(=O)O. The van der Waals surface area contributed by atoms with Crippen LogP contribution in [0.2, 0.25) is 0 Å². The summed E-state index contributed by atoms with van der Waals surface area (Å²) in [4.78, 5) is 30.8. The molecule has 1 atom stereocenters. The summed E-state index contributed by atoms with van der Waals surface area (Å²) in [5, 5.41) is 8.38. The lowest BCUT2D eigenvalue weighted by molar-refractivity contribution is -0.138. The van der Waals surface area contributed by atoms with E-state index < -0.39 is 19.8 Å². The van der Waals surface area contributed by atoms with Crippen molar-refractivity contribution in [3.05, 3.63) is 0 Å². The number of carbonyl (C=O) groups is 1. The highest BCUT2D eigenvalue weighted by molar-refractivity contribution is 7.46. The topological polar surface area (TPSA) is 194 Å². The third-order valence-electron chi connectivity index (χ3n) is 4.04. The Morgan fingerprint density at radius 3 is 1.86 bits per heavy atom. The second-order valence-corrected chi connectivity index (χ2v) is 8.14. The Morgan fingerprint density at radius 1 is 0.966 bits per heavy atom. The van der Waals surface area contributed by atoms with Gasteiger partial charge in [0.15, 0.2) is 5.96 Å². The lowest BCUT2D eigenvalue weighted by Gasteiger charge is -2.05. The molecule has 29 heavy (non-hydrogen) atoms. The standard InChI is InChI=1S/C12H27O4P.C6H14N4O2/c1-2-3-4-5-6-7-8-9-10-11-12-16-17(13,14)15;7-4(5(11)12)2-1-3-10-6(8)9/h2-12H2,1H3,(H2,13,14,15);4H,1-3,7H2,(H,11,12)(H4,8,9,10)/t;4-/m.0/s1. The van der Waals surface area contributed by atoms with Crippen LogP contribution < -0.4 is 17.2 Å². The molecule has 0 aromatic carbocycles. The minimum Gasteiger partial charge on any atom is -0.480 e. The normalized spacial score (nSPS) is 12.0. The molecule has 0 amide bonds. The summed E-state index contributed by atoms with van der Waals surface area (Å²) in [6, 6.07) is -0.820. The zero-order valence-electron chi connectivity index (χ0n) is 17.7. The van der Waals surface area contributed by atoms with Crippen LogP contribution in [0.1, 0.15) is 84.0 Å². The molecule has 0 rings (SSSR count). The van der Waals surface area contributed by atoms with Crippen LogP contribution in [0.3, 0.4) is 0 Å². The lowest BCUT2D eigenvalue weighted by Crippen LogP contribution is -2.30. The summed E-state index contributed by atoms with van der Waals surface area (Å²) in [7, 11) is -4.24. The van der Waals surface area contributed by atoms with E-state index in [1.807, 2.05) is 0 Å². The molecule has 0 unspecified atom stereocenters. The maximum absolute atomic E-state index is 10.4. The van der Waals surface area contributed by atoms with Gasteiger partial charge in [-0.1, -0.05) is 64.7 Å². The number of nitrogens with two attached hydrogens (primary N) is 3. The van der Waals surface area contributed by atoms with E-state index in [-0.39, 0.29) is 12.6 Å². The van der Waals surface area contributed by atoms with Crippen molar-refractivity contribution in [3.63, 3.8) is 0 Å². The maximum Gasteiger partial charge on any atom is 0.469 e. The average Bonchev–Trinajstić information content (AvgIpc) is 2.62. The van der Waals surface area contributed by atoms with E-state index in [1.54, 1.807) is 0 Å². The quantitative estimate of drug-likeness (QED) is 0.0852. The first-order valence-electron chi connectivity index (χ1n) is 10.3. The second kappa shape index (κ2) is 20.1. The Kier molecular flexibility index (Phi) is 20.8. The van der Waals surface area contributed by atoms with Crippen molar-refractivity contribution in [2.24, 2.45) is 22.2 Å². The van der Waals surface area contributed by atoms with Crippen LogP contribution in [0.4, 0.5) is 0 Å². The molecule has 0 saturated heterocycles. The van der Waals surface area contributed by atoms with Crippen LogP contribution in [-0.2, 0) is 13.9 Å². The number of phosphoric acid groups is 1. The monoisotopic (exact) mass is 440 g/mol. The number of unbranched alkanes of at least 4 members (excludes halogenated alkanes) is 9. The predicted molar refractivity (Wildman–Crippen MR) is 115 cm³/mol. The van der Waals surface area contributed by atoms with Gasteiger partial charge in [-0.2, -0.15) is 0 Å². The number of rotatable bonds is 17. The first-order valence-corrected chi connectivity index (χ1v) is 11.9. The van der Waals surface area contributed by atoms with Gasteiger partial charge < -0.3 is 32.1 Å². The van der Waals surface area contributed by atoms with Crippen LogP contribution in [0.25, 0.3) is 0 Å². The molecule has 0 radical (unpaired) electrons. The maximum atomic E-state index is 10.4. The van der Waals surface area contributed by atoms with Crippen molar-refractivity contribution >= 4 is 19.8 Å². The van der Waals surface area contributed by atoms with Gasteiger partial charge in [0.25, 0.3) is 0 Å². The van der Waals surface area contributed by atoms with Crippen molar-refractivity contribution in [3.8, 4) is 0 Å². The molecule has 0 aliphatic heterocycles. The van der Waals surface area contributed by atoms with E-state index >= 15 is 0 Å². The summed E-state index contributed by atoms with van der Waals surface area (Å²) >= 11 is 0. The van der Waals surface area contributed by atoms with E-state index in [2.05, 4.69) is 16.4 Å². The number of hydrogen-bond acceptors (Lipinski definition) is 5. The number of carboxylic acids is 1. The molecule has 0 aromatic heterocycles. The third-order valence-corrected chi connectivity index (χ3v) is 4.56. The van der Waals surface area contributed by atoms with Gasteiger partial charge in [0, 0.05) is 6.54 Å². The number of aliphatic imine (C=N–C) groups is 1. The minimum atomic E-state index is -4.24. The molecular formula is C18H41N4O6P. The van der Waals surface area contributed by atoms with Crippen LogP contribution in [0.5, 0.6) is 0 Å². The lowest BCUT2D eigenvalue weighted by atomic mass is 10.1. The molecule has 0 fully saturated rings. The number of nitrogens with zero attached hydrogens (tertiary/aromatic N) is 1. The van der Waals surface area contributed by atoms with Crippen LogP contribution in [0, 0.1) is 0 Å². The second-order valence-electron chi connectivity index (χ2n) is 6.90. The highest BCUT2D eigenvalue weighted by atomic mass is 31.2. The Hall–Kier alpha value is -1.19. The molecule has 9 N–H and O–H groups in total. The van der Waals surface area contributed by atoms with Gasteiger partial charge in [-0.05, 0) is 19.3 Å². The molecule has 0 aliphatic carbocycles. The smallest absolute Gasteiger partial charge is 0.469 e. The zero-order valence-corrected chi connectivity index (χ0v) is 18.6. The molecule has 0 heterocycles. The summed E-state index contributed by atoms with van der Waals surface area (Å²) < 4.78 is 14.7. The van der Waals surface area contributed by atoms with E-state index in [0.29, 0.717) is 19.4 Å². The number of aliphatic carboxylic acids is 1. The molecular weight excluding hydrogens is 399 g/mol. The van der Waals surface area contributed by atoms with Crippen LogP contribution in [0.15, 0.2) is 4.99 Å². The molecule has 0 spiro atoms. The molecule has 0 bridgehead atoms. The fourth-order valence-electron chi connectivity index (χ4n) is 2.42. The van der Waals surface area contributed by atoms with E-state index in [9.17, 15) is 9.36 Å². The van der Waals surface area contributed by atoms with E-state index in [0.717, 1.165) is 19.3 Å². The Morgan fingerprint density at radius 2 is 1.45 bits per heavy atom. The number of phosphoric ester groups is 1. The fourth-order valence-corrected chi connectivity index (χ4v) is 2.78. The minimum absolute atomic E-state index is 0.0129. The van der Waals surface area contributed by atoms with Gasteiger partial charge in [-0.15, -0.1) is 0 Å². The fraction of sp³-hybridized carbons (Fsp3) is 0.889. The zero-order chi connectivity index (χ0) is 22.5. The first kappa shape index (κ1) is 30.0. The van der Waals surface area contributed by atoms with Crippen molar-refractivity contribution in [1.82, 2.24) is 0 Å². The van der Waals surface area contributed by atoms with E-state index in [1.165, 1.54) is 44.9 Å². The van der Waals surface area contributed by atoms with Gasteiger partial charge in [0.2, 0.25) is 0 Å². The van der Waals surface area contributed by atoms with Gasteiger partial charge >= 0.3 is 13.8 Å². The molecule has 11 heteroatoms.